The largest absolute Gasteiger partial charge is 0.490 e. The van der Waals surface area contributed by atoms with Crippen molar-refractivity contribution in [2.24, 2.45) is 0 Å². The van der Waals surface area contributed by atoms with Crippen LogP contribution < -0.4 is 19.5 Å². The van der Waals surface area contributed by atoms with Crippen LogP contribution in [0.15, 0.2) is 54.6 Å². The van der Waals surface area contributed by atoms with E-state index in [9.17, 15) is 14.0 Å². The van der Waals surface area contributed by atoms with Gasteiger partial charge in [0.2, 0.25) is 11.7 Å². The zero-order chi connectivity index (χ0) is 26.5. The van der Waals surface area contributed by atoms with Gasteiger partial charge in [-0.1, -0.05) is 29.8 Å². The van der Waals surface area contributed by atoms with Gasteiger partial charge in [0.15, 0.2) is 11.5 Å². The van der Waals surface area contributed by atoms with E-state index in [1.54, 1.807) is 24.3 Å². The molecule has 1 aliphatic heterocycles. The predicted molar refractivity (Wildman–Crippen MR) is 139 cm³/mol. The fraction of sp³-hybridized carbons (Fsp3) is 0.310. The van der Waals surface area contributed by atoms with Crippen LogP contribution in [-0.2, 0) is 4.79 Å². The summed E-state index contributed by atoms with van der Waals surface area (Å²) in [7, 11) is 0. The minimum absolute atomic E-state index is 0.199. The monoisotopic (exact) mass is 506 g/mol. The molecule has 37 heavy (non-hydrogen) atoms. The maximum absolute atomic E-state index is 14.1. The highest BCUT2D eigenvalue weighted by Gasteiger charge is 2.35. The van der Waals surface area contributed by atoms with Gasteiger partial charge < -0.3 is 24.4 Å². The van der Waals surface area contributed by atoms with Crippen molar-refractivity contribution < 1.29 is 28.2 Å². The molecule has 2 amide bonds. The molecule has 1 aliphatic rings. The smallest absolute Gasteiger partial charge is 0.255 e. The van der Waals surface area contributed by atoms with Gasteiger partial charge in [0.1, 0.15) is 12.4 Å². The average Bonchev–Trinajstić information content (AvgIpc) is 3.01. The number of ether oxygens (including phenoxy) is 3. The fourth-order valence-electron chi connectivity index (χ4n) is 4.50. The summed E-state index contributed by atoms with van der Waals surface area (Å²) in [6.07, 6.45) is 0. The number of hydrogen-bond donors (Lipinski definition) is 1. The molecular weight excluding hydrogens is 475 g/mol. The fourth-order valence-corrected chi connectivity index (χ4v) is 4.50. The zero-order valence-electron chi connectivity index (χ0n) is 21.5. The van der Waals surface area contributed by atoms with Crippen molar-refractivity contribution in [2.45, 2.75) is 33.7 Å². The van der Waals surface area contributed by atoms with E-state index in [2.05, 4.69) is 5.32 Å². The normalized spacial score (nSPS) is 14.9. The van der Waals surface area contributed by atoms with Crippen LogP contribution in [0.1, 0.15) is 53.9 Å². The van der Waals surface area contributed by atoms with Gasteiger partial charge in [0, 0.05) is 16.8 Å². The highest BCUT2D eigenvalue weighted by atomic mass is 19.1. The molecule has 0 saturated heterocycles. The molecule has 1 atom stereocenters. The minimum atomic E-state index is -0.639. The van der Waals surface area contributed by atoms with Crippen molar-refractivity contribution in [1.29, 1.82) is 0 Å². The number of rotatable bonds is 8. The highest BCUT2D eigenvalue weighted by molar-refractivity contribution is 6.02. The van der Waals surface area contributed by atoms with Crippen LogP contribution in [0.5, 0.6) is 17.2 Å². The van der Waals surface area contributed by atoms with Crippen molar-refractivity contribution in [3.8, 4) is 17.2 Å². The first-order valence-electron chi connectivity index (χ1n) is 12.4. The van der Waals surface area contributed by atoms with Crippen molar-refractivity contribution in [3.63, 3.8) is 0 Å². The van der Waals surface area contributed by atoms with Crippen LogP contribution in [0.3, 0.4) is 0 Å². The van der Waals surface area contributed by atoms with E-state index >= 15 is 0 Å². The first-order valence-corrected chi connectivity index (χ1v) is 12.4. The lowest BCUT2D eigenvalue weighted by atomic mass is 9.94. The Labute approximate surface area is 216 Å². The topological polar surface area (TPSA) is 77.1 Å². The van der Waals surface area contributed by atoms with E-state index < -0.39 is 11.9 Å². The van der Waals surface area contributed by atoms with E-state index in [1.807, 2.05) is 45.9 Å². The molecule has 0 unspecified atom stereocenters. The van der Waals surface area contributed by atoms with Crippen LogP contribution in [0.25, 0.3) is 0 Å². The number of nitrogens with one attached hydrogen (secondary N) is 1. The number of hydrogen-bond acceptors (Lipinski definition) is 5. The molecule has 0 aliphatic carbocycles. The van der Waals surface area contributed by atoms with Gasteiger partial charge in [0.25, 0.3) is 5.91 Å². The number of carbonyl (C=O) groups is 2. The van der Waals surface area contributed by atoms with Crippen LogP contribution in [0.2, 0.25) is 0 Å². The highest BCUT2D eigenvalue weighted by Crippen LogP contribution is 2.41. The number of benzene rings is 3. The molecule has 3 aromatic rings. The van der Waals surface area contributed by atoms with Crippen LogP contribution in [0.4, 0.5) is 10.1 Å². The first-order chi connectivity index (χ1) is 17.9. The number of carbonyl (C=O) groups excluding carboxylic acids is 2. The van der Waals surface area contributed by atoms with Gasteiger partial charge in [-0.05, 0) is 63.6 Å². The number of anilines is 1. The Bertz CT molecular complexity index is 1260. The van der Waals surface area contributed by atoms with Gasteiger partial charge >= 0.3 is 0 Å². The van der Waals surface area contributed by atoms with Crippen LogP contribution >= 0.6 is 0 Å². The van der Waals surface area contributed by atoms with Crippen LogP contribution in [-0.4, -0.2) is 43.1 Å². The van der Waals surface area contributed by atoms with E-state index in [4.69, 9.17) is 14.2 Å². The van der Waals surface area contributed by atoms with Gasteiger partial charge in [-0.2, -0.15) is 0 Å². The summed E-state index contributed by atoms with van der Waals surface area (Å²) in [5.74, 6) is 0.0726. The Morgan fingerprint density at radius 2 is 1.57 bits per heavy atom. The molecule has 4 rings (SSSR count). The average molecular weight is 507 g/mol. The van der Waals surface area contributed by atoms with Gasteiger partial charge in [-0.15, -0.1) is 0 Å². The van der Waals surface area contributed by atoms with Crippen molar-refractivity contribution in [2.75, 3.05) is 31.7 Å². The maximum Gasteiger partial charge on any atom is 0.255 e. The molecule has 8 heteroatoms. The van der Waals surface area contributed by atoms with E-state index in [-0.39, 0.29) is 23.8 Å². The molecule has 1 N–H and O–H groups in total. The summed E-state index contributed by atoms with van der Waals surface area (Å²) < 4.78 is 31.2. The molecule has 0 bridgehead atoms. The summed E-state index contributed by atoms with van der Waals surface area (Å²) in [5, 5.41) is 2.91. The SMILES string of the molecule is CCOc1cc(C(=O)N2CC(=O)Nc3ccc(C)cc3[C@@H]2c2ccc(F)cc2)cc(OCC)c1OCC. The third-order valence-electron chi connectivity index (χ3n) is 6.00. The number of halogens is 1. The Balaban J connectivity index is 1.88. The molecule has 0 spiro atoms. The molecule has 7 nitrogen and oxygen atoms in total. The number of amides is 2. The second kappa shape index (κ2) is 11.3. The quantitative estimate of drug-likeness (QED) is 0.436. The zero-order valence-corrected chi connectivity index (χ0v) is 21.5. The minimum Gasteiger partial charge on any atom is -0.490 e. The number of aryl methyl sites for hydroxylation is 1. The first kappa shape index (κ1) is 26.0. The Kier molecular flexibility index (Phi) is 7.96. The second-order valence-electron chi connectivity index (χ2n) is 8.63. The van der Waals surface area contributed by atoms with Gasteiger partial charge in [-0.3, -0.25) is 9.59 Å². The molecule has 0 fully saturated rings. The third kappa shape index (κ3) is 5.53. The predicted octanol–water partition coefficient (Wildman–Crippen LogP) is 5.51. The van der Waals surface area contributed by atoms with Gasteiger partial charge in [-0.25, -0.2) is 4.39 Å². The number of fused-ring (bicyclic) bond motifs is 1. The second-order valence-corrected chi connectivity index (χ2v) is 8.63. The standard InChI is InChI=1S/C29H31FN2O5/c1-5-35-24-15-20(16-25(36-6-2)28(24)37-7-3)29(34)32-17-26(33)31-23-13-8-18(4)14-22(23)27(32)19-9-11-21(30)12-10-19/h8-16,27H,5-7,17H2,1-4H3,(H,31,33)/t27-/m0/s1. The summed E-state index contributed by atoms with van der Waals surface area (Å²) in [6, 6.07) is 14.2. The molecule has 0 saturated carbocycles. The van der Waals surface area contributed by atoms with E-state index in [1.165, 1.54) is 17.0 Å². The lowest BCUT2D eigenvalue weighted by Crippen LogP contribution is -2.39. The van der Waals surface area contributed by atoms with E-state index in [0.29, 0.717) is 48.3 Å². The lowest BCUT2D eigenvalue weighted by molar-refractivity contribution is -0.117. The summed E-state index contributed by atoms with van der Waals surface area (Å²) in [6.45, 7) is 8.39. The summed E-state index contributed by atoms with van der Waals surface area (Å²) >= 11 is 0. The van der Waals surface area contributed by atoms with Crippen LogP contribution in [0, 0.1) is 12.7 Å². The number of nitrogens with zero attached hydrogens (tertiary/aromatic N) is 1. The third-order valence-corrected chi connectivity index (χ3v) is 6.00. The van der Waals surface area contributed by atoms with Crippen molar-refractivity contribution in [3.05, 3.63) is 82.7 Å². The molecule has 0 aromatic heterocycles. The van der Waals surface area contributed by atoms with Crippen molar-refractivity contribution >= 4 is 17.5 Å². The summed E-state index contributed by atoms with van der Waals surface area (Å²) in [5.41, 5.74) is 3.28. The molecular formula is C29H31FN2O5. The molecule has 0 radical (unpaired) electrons. The molecule has 194 valence electrons. The Morgan fingerprint density at radius 3 is 2.16 bits per heavy atom. The summed E-state index contributed by atoms with van der Waals surface area (Å²) in [4.78, 5) is 28.6. The maximum atomic E-state index is 14.1. The Morgan fingerprint density at radius 1 is 0.946 bits per heavy atom. The Hall–Kier alpha value is -4.07. The van der Waals surface area contributed by atoms with Crippen molar-refractivity contribution in [1.82, 2.24) is 4.90 Å². The lowest BCUT2D eigenvalue weighted by Gasteiger charge is -2.31. The van der Waals surface area contributed by atoms with E-state index in [0.717, 1.165) is 11.1 Å². The molecule has 1 heterocycles. The van der Waals surface area contributed by atoms with Gasteiger partial charge in [0.05, 0.1) is 25.9 Å². The molecule has 3 aromatic carbocycles.